The van der Waals surface area contributed by atoms with Gasteiger partial charge in [-0.2, -0.15) is 5.10 Å². The highest BCUT2D eigenvalue weighted by atomic mass is 79.9. The highest BCUT2D eigenvalue weighted by Gasteiger charge is 2.56. The summed E-state index contributed by atoms with van der Waals surface area (Å²) in [5, 5.41) is 8.72. The monoisotopic (exact) mass is 640 g/mol. The summed E-state index contributed by atoms with van der Waals surface area (Å²) < 4.78 is 2.34. The van der Waals surface area contributed by atoms with E-state index in [1.54, 1.807) is 23.3 Å². The second-order valence-corrected chi connectivity index (χ2v) is 12.7. The van der Waals surface area contributed by atoms with Crippen molar-refractivity contribution in [3.8, 4) is 23.1 Å². The Labute approximate surface area is 258 Å². The van der Waals surface area contributed by atoms with Crippen molar-refractivity contribution >= 4 is 44.3 Å². The topological polar surface area (TPSA) is 119 Å². The molecule has 1 aliphatic carbocycles. The highest BCUT2D eigenvalue weighted by Crippen LogP contribution is 2.49. The number of hydrogen-bond donors (Lipinski definition) is 1. The zero-order valence-electron chi connectivity index (χ0n) is 24.8. The van der Waals surface area contributed by atoms with Crippen molar-refractivity contribution in [3.05, 3.63) is 58.5 Å². The number of hydrogen-bond acceptors (Lipinski definition) is 8. The molecule has 0 aromatic carbocycles. The van der Waals surface area contributed by atoms with Crippen molar-refractivity contribution in [2.45, 2.75) is 66.1 Å². The molecule has 1 amide bonds. The largest absolute Gasteiger partial charge is 0.368 e. The maximum Gasteiger partial charge on any atom is 0.245 e. The molecule has 0 bridgehead atoms. The van der Waals surface area contributed by atoms with Crippen molar-refractivity contribution in [2.75, 3.05) is 11.9 Å². The molecule has 220 valence electrons. The summed E-state index contributed by atoms with van der Waals surface area (Å²) in [5.74, 6) is 8.36. The molecule has 0 radical (unpaired) electrons. The molecule has 10 nitrogen and oxygen atoms in total. The number of Topliss-reactive ketones (excluding diaryl/α,β-unsaturated/α-hetero) is 1. The Morgan fingerprint density at radius 3 is 2.60 bits per heavy atom. The number of amides is 1. The first-order chi connectivity index (χ1) is 20.5. The van der Waals surface area contributed by atoms with Crippen LogP contribution in [0.3, 0.4) is 0 Å². The van der Waals surface area contributed by atoms with E-state index in [1.165, 1.54) is 6.92 Å². The first kappa shape index (κ1) is 28.9. The highest BCUT2D eigenvalue weighted by molar-refractivity contribution is 9.10. The van der Waals surface area contributed by atoms with Crippen molar-refractivity contribution in [1.29, 1.82) is 0 Å². The number of pyridine rings is 2. The summed E-state index contributed by atoms with van der Waals surface area (Å²) in [7, 11) is 0. The van der Waals surface area contributed by atoms with Gasteiger partial charge >= 0.3 is 0 Å². The van der Waals surface area contributed by atoms with Crippen LogP contribution in [0.25, 0.3) is 22.2 Å². The first-order valence-corrected chi connectivity index (χ1v) is 15.2. The predicted molar refractivity (Wildman–Crippen MR) is 167 cm³/mol. The zero-order chi connectivity index (χ0) is 30.5. The molecule has 0 saturated carbocycles. The lowest BCUT2D eigenvalue weighted by atomic mass is 9.69. The van der Waals surface area contributed by atoms with Crippen molar-refractivity contribution in [2.24, 2.45) is 11.3 Å². The van der Waals surface area contributed by atoms with Gasteiger partial charge in [0.25, 0.3) is 0 Å². The van der Waals surface area contributed by atoms with Crippen LogP contribution >= 0.6 is 15.9 Å². The molecule has 1 saturated heterocycles. The number of carbonyl (C=O) groups is 2. The van der Waals surface area contributed by atoms with Gasteiger partial charge in [-0.25, -0.2) is 15.0 Å². The van der Waals surface area contributed by atoms with Crippen LogP contribution in [0.4, 0.5) is 5.82 Å². The number of anilines is 1. The summed E-state index contributed by atoms with van der Waals surface area (Å²) in [5.41, 5.74) is 3.09. The van der Waals surface area contributed by atoms with E-state index in [2.05, 4.69) is 72.0 Å². The average molecular weight is 642 g/mol. The minimum absolute atomic E-state index is 0.0287. The van der Waals surface area contributed by atoms with E-state index in [9.17, 15) is 9.59 Å². The lowest BCUT2D eigenvalue weighted by molar-refractivity contribution is -0.134. The minimum Gasteiger partial charge on any atom is -0.368 e. The summed E-state index contributed by atoms with van der Waals surface area (Å²) in [6.45, 7) is 10.2. The van der Waals surface area contributed by atoms with Crippen LogP contribution in [0.15, 0.2) is 41.4 Å². The Bertz CT molecular complexity index is 1810. The van der Waals surface area contributed by atoms with Gasteiger partial charge in [-0.15, -0.1) is 0 Å². The molecule has 1 N–H and O–H groups in total. The number of halogens is 1. The van der Waals surface area contributed by atoms with Crippen LogP contribution < -0.4 is 5.32 Å². The van der Waals surface area contributed by atoms with Crippen LogP contribution in [0.1, 0.15) is 55.5 Å². The third-order valence-corrected chi connectivity index (χ3v) is 8.66. The van der Waals surface area contributed by atoms with Crippen LogP contribution in [0.2, 0.25) is 0 Å². The van der Waals surface area contributed by atoms with Crippen LogP contribution in [0, 0.1) is 37.0 Å². The van der Waals surface area contributed by atoms with Gasteiger partial charge in [0, 0.05) is 36.8 Å². The van der Waals surface area contributed by atoms with Gasteiger partial charge in [0.05, 0.1) is 28.9 Å². The minimum atomic E-state index is -0.223. The Morgan fingerprint density at radius 2 is 1.93 bits per heavy atom. The Kier molecular flexibility index (Phi) is 7.50. The fraction of sp³-hybridized carbons (Fsp3) is 0.406. The molecule has 11 heteroatoms. The molecule has 2 aliphatic rings. The third kappa shape index (κ3) is 5.40. The maximum atomic E-state index is 14.1. The Morgan fingerprint density at radius 1 is 1.16 bits per heavy atom. The van der Waals surface area contributed by atoms with Gasteiger partial charge in [-0.3, -0.25) is 19.3 Å². The molecular weight excluding hydrogens is 608 g/mol. The van der Waals surface area contributed by atoms with E-state index in [0.717, 1.165) is 34.4 Å². The number of likely N-dealkylation sites (tertiary alicyclic amines) is 1. The molecule has 1 aliphatic heterocycles. The molecule has 43 heavy (non-hydrogen) atoms. The van der Waals surface area contributed by atoms with Gasteiger partial charge in [0.15, 0.2) is 5.78 Å². The van der Waals surface area contributed by atoms with E-state index < -0.39 is 0 Å². The standard InChI is InChI=1S/C32H33BrN8O2/c1-18(2)11-32-9-8-27(32)41(23(12-32)15-37-31-19(3)6-7-28(33)38-31)29(43)17-40-26-16-36-25(22-13-34-21(5)35-14-22)10-24(26)30(39-40)20(4)42/h6-7,10,13-14,16,18,23,27H,11-12,15,17H2,1-5H3,(H,37,38)/t23-,27-,32+/m1/s1. The normalized spacial score (nSPS) is 20.5. The van der Waals surface area contributed by atoms with Crippen molar-refractivity contribution < 1.29 is 9.59 Å². The van der Waals surface area contributed by atoms with Crippen molar-refractivity contribution in [3.63, 3.8) is 0 Å². The third-order valence-electron chi connectivity index (χ3n) is 8.21. The number of ketones is 1. The SMILES string of the molecule is CC(=O)c1nn(CC(=O)N2[C@@H](CNc3nc(Br)ccc3C)C[C@@]3(CC(C)C)C#C[C@@H]23)c2cnc(-c3cnc(C)nc3)cc12. The summed E-state index contributed by atoms with van der Waals surface area (Å²) in [4.78, 5) is 46.4. The molecule has 5 heterocycles. The van der Waals surface area contributed by atoms with Gasteiger partial charge in [0.2, 0.25) is 5.91 Å². The van der Waals surface area contributed by atoms with Gasteiger partial charge < -0.3 is 10.2 Å². The van der Waals surface area contributed by atoms with E-state index in [-0.39, 0.29) is 35.7 Å². The van der Waals surface area contributed by atoms with E-state index >= 15 is 0 Å². The van der Waals surface area contributed by atoms with Crippen molar-refractivity contribution in [1.82, 2.24) is 34.6 Å². The van der Waals surface area contributed by atoms with Gasteiger partial charge in [-0.1, -0.05) is 31.8 Å². The zero-order valence-corrected chi connectivity index (χ0v) is 26.4. The van der Waals surface area contributed by atoms with Gasteiger partial charge in [0.1, 0.15) is 34.5 Å². The molecular formula is C32H33BrN8O2. The molecule has 3 atom stereocenters. The number of carbonyl (C=O) groups excluding carboxylic acids is 2. The molecule has 6 rings (SSSR count). The number of nitrogens with zero attached hydrogens (tertiary/aromatic N) is 7. The molecule has 1 fully saturated rings. The molecule has 0 unspecified atom stereocenters. The summed E-state index contributed by atoms with van der Waals surface area (Å²) in [6, 6.07) is 5.47. The second kappa shape index (κ2) is 11.2. The molecule has 4 aromatic heterocycles. The van der Waals surface area contributed by atoms with Gasteiger partial charge in [-0.05, 0) is 66.2 Å². The number of rotatable bonds is 9. The Hall–Kier alpha value is -4.17. The number of nitrogens with one attached hydrogen (secondary N) is 1. The number of aryl methyl sites for hydroxylation is 2. The fourth-order valence-corrected chi connectivity index (χ4v) is 6.61. The molecule has 0 spiro atoms. The van der Waals surface area contributed by atoms with Crippen LogP contribution in [0.5, 0.6) is 0 Å². The van der Waals surface area contributed by atoms with E-state index in [1.807, 2.05) is 36.9 Å². The first-order valence-electron chi connectivity index (χ1n) is 14.4. The number of aromatic nitrogens is 6. The van der Waals surface area contributed by atoms with Crippen LogP contribution in [-0.4, -0.2) is 64.9 Å². The van der Waals surface area contributed by atoms with E-state index in [4.69, 9.17) is 0 Å². The van der Waals surface area contributed by atoms with Crippen LogP contribution in [-0.2, 0) is 11.3 Å². The van der Waals surface area contributed by atoms with E-state index in [0.29, 0.717) is 40.6 Å². The predicted octanol–water partition coefficient (Wildman–Crippen LogP) is 5.00. The quantitative estimate of drug-likeness (QED) is 0.154. The second-order valence-electron chi connectivity index (χ2n) is 11.9. The smallest absolute Gasteiger partial charge is 0.245 e. The Balaban J connectivity index is 1.31. The molecule has 4 aromatic rings. The number of fused-ring (bicyclic) bond motifs is 2. The summed E-state index contributed by atoms with van der Waals surface area (Å²) >= 11 is 3.46. The lowest BCUT2D eigenvalue weighted by Gasteiger charge is -2.38. The lowest BCUT2D eigenvalue weighted by Crippen LogP contribution is -2.50. The summed E-state index contributed by atoms with van der Waals surface area (Å²) in [6.07, 6.45) is 6.78. The average Bonchev–Trinajstić information content (AvgIpc) is 3.41. The maximum absolute atomic E-state index is 14.1. The fourth-order valence-electron chi connectivity index (χ4n) is 6.30.